The van der Waals surface area contributed by atoms with Gasteiger partial charge < -0.3 is 20.1 Å². The fourth-order valence-electron chi connectivity index (χ4n) is 1.32. The van der Waals surface area contributed by atoms with Gasteiger partial charge in [0, 0.05) is 19.1 Å². The predicted octanol–water partition coefficient (Wildman–Crippen LogP) is -0.356. The molecule has 0 rings (SSSR count). The second kappa shape index (κ2) is 10.2. The third-order valence-electron chi connectivity index (χ3n) is 2.80. The van der Waals surface area contributed by atoms with Crippen LogP contribution in [-0.4, -0.2) is 67.3 Å². The molecule has 0 saturated carbocycles. The van der Waals surface area contributed by atoms with Crippen molar-refractivity contribution in [3.63, 3.8) is 0 Å². The molecule has 0 aromatic carbocycles. The van der Waals surface area contributed by atoms with Gasteiger partial charge in [0.15, 0.2) is 0 Å². The maximum Gasteiger partial charge on any atom is 0.329 e. The first-order chi connectivity index (χ1) is 9.36. The molecule has 0 aromatic rings. The lowest BCUT2D eigenvalue weighted by molar-refractivity contribution is -0.143. The monoisotopic (exact) mass is 289 g/mol. The van der Waals surface area contributed by atoms with Gasteiger partial charge in [-0.3, -0.25) is 10.1 Å². The predicted molar refractivity (Wildman–Crippen MR) is 72.4 cm³/mol. The third-order valence-corrected chi connectivity index (χ3v) is 2.80. The highest BCUT2D eigenvalue weighted by atomic mass is 16.5. The summed E-state index contributed by atoms with van der Waals surface area (Å²) < 4.78 is 4.55. The van der Waals surface area contributed by atoms with Gasteiger partial charge in [-0.05, 0) is 20.4 Å². The summed E-state index contributed by atoms with van der Waals surface area (Å²) in [6.45, 7) is 4.21. The summed E-state index contributed by atoms with van der Waals surface area (Å²) in [6, 6.07) is -0.197. The number of carboxylic acid groups (broad SMARTS) is 1. The number of amides is 3. The highest BCUT2D eigenvalue weighted by Crippen LogP contribution is 1.97. The molecular formula is C12H23N3O5. The van der Waals surface area contributed by atoms with E-state index in [4.69, 9.17) is 5.11 Å². The first-order valence-corrected chi connectivity index (χ1v) is 6.44. The highest BCUT2D eigenvalue weighted by Gasteiger charge is 2.10. The molecule has 0 radical (unpaired) electrons. The van der Waals surface area contributed by atoms with Crippen molar-refractivity contribution >= 4 is 17.9 Å². The van der Waals surface area contributed by atoms with Gasteiger partial charge in [0.1, 0.15) is 13.2 Å². The van der Waals surface area contributed by atoms with Gasteiger partial charge in [-0.15, -0.1) is 0 Å². The Bertz CT molecular complexity index is 335. The summed E-state index contributed by atoms with van der Waals surface area (Å²) in [5, 5.41) is 12.9. The number of likely N-dealkylation sites (N-methyl/N-ethyl adjacent to an activating group) is 1. The van der Waals surface area contributed by atoms with E-state index in [1.807, 2.05) is 12.4 Å². The number of imide groups is 1. The molecule has 0 aliphatic rings. The Labute approximate surface area is 118 Å². The van der Waals surface area contributed by atoms with Gasteiger partial charge in [0.2, 0.25) is 0 Å². The van der Waals surface area contributed by atoms with E-state index in [9.17, 15) is 14.4 Å². The molecule has 0 aliphatic carbocycles. The molecule has 1 unspecified atom stereocenters. The normalized spacial score (nSPS) is 12.0. The maximum atomic E-state index is 11.3. The minimum Gasteiger partial charge on any atom is -0.480 e. The number of carbonyl (C=O) groups excluding carboxylic acids is 2. The second-order valence-corrected chi connectivity index (χ2v) is 4.43. The van der Waals surface area contributed by atoms with Gasteiger partial charge in [-0.1, -0.05) is 6.92 Å². The van der Waals surface area contributed by atoms with Crippen molar-refractivity contribution in [1.29, 1.82) is 0 Å². The van der Waals surface area contributed by atoms with Crippen LogP contribution in [0.15, 0.2) is 0 Å². The van der Waals surface area contributed by atoms with Crippen molar-refractivity contribution in [2.45, 2.75) is 26.3 Å². The van der Waals surface area contributed by atoms with Crippen LogP contribution < -0.4 is 10.6 Å². The molecule has 0 aliphatic heterocycles. The molecule has 3 N–H and O–H groups in total. The van der Waals surface area contributed by atoms with E-state index >= 15 is 0 Å². The molecule has 20 heavy (non-hydrogen) atoms. The Morgan fingerprint density at radius 2 is 1.95 bits per heavy atom. The number of hydrogen-bond donors (Lipinski definition) is 3. The molecule has 0 aromatic heterocycles. The van der Waals surface area contributed by atoms with Crippen molar-refractivity contribution in [2.75, 3.05) is 33.4 Å². The number of aliphatic carboxylic acids is 1. The van der Waals surface area contributed by atoms with Crippen molar-refractivity contribution in [2.24, 2.45) is 0 Å². The topological polar surface area (TPSA) is 108 Å². The Hall–Kier alpha value is -1.67. The van der Waals surface area contributed by atoms with E-state index in [0.717, 1.165) is 6.42 Å². The van der Waals surface area contributed by atoms with Crippen LogP contribution >= 0.6 is 0 Å². The van der Waals surface area contributed by atoms with Crippen LogP contribution in [0, 0.1) is 0 Å². The fraction of sp³-hybridized carbons (Fsp3) is 0.750. The number of carbonyl (C=O) groups is 3. The Kier molecular flexibility index (Phi) is 9.31. The zero-order valence-corrected chi connectivity index (χ0v) is 12.1. The molecule has 0 spiro atoms. The van der Waals surface area contributed by atoms with Crippen molar-refractivity contribution in [3.05, 3.63) is 0 Å². The zero-order chi connectivity index (χ0) is 15.5. The molecule has 0 heterocycles. The average Bonchev–Trinajstić information content (AvgIpc) is 2.36. The van der Waals surface area contributed by atoms with E-state index in [0.29, 0.717) is 19.1 Å². The number of carboxylic acids is 1. The molecule has 3 amide bonds. The fourth-order valence-corrected chi connectivity index (χ4v) is 1.32. The quantitative estimate of drug-likeness (QED) is 0.535. The van der Waals surface area contributed by atoms with Gasteiger partial charge in [-0.25, -0.2) is 9.59 Å². The lowest BCUT2D eigenvalue weighted by Gasteiger charge is -2.23. The van der Waals surface area contributed by atoms with Crippen LogP contribution in [0.4, 0.5) is 4.79 Å². The van der Waals surface area contributed by atoms with Gasteiger partial charge >= 0.3 is 12.0 Å². The average molecular weight is 289 g/mol. The standard InChI is InChI=1S/C12H23N3O5/c1-4-9(2)15(3)6-5-13-12(19)14-10(16)7-20-8-11(17)18/h9H,4-8H2,1-3H3,(H,17,18)(H2,13,14,16,19). The minimum atomic E-state index is -1.17. The Morgan fingerprint density at radius 3 is 2.50 bits per heavy atom. The zero-order valence-electron chi connectivity index (χ0n) is 12.1. The lowest BCUT2D eigenvalue weighted by atomic mass is 10.2. The molecule has 0 saturated heterocycles. The maximum absolute atomic E-state index is 11.3. The van der Waals surface area contributed by atoms with Crippen LogP contribution in [0.2, 0.25) is 0 Å². The Morgan fingerprint density at radius 1 is 1.30 bits per heavy atom. The van der Waals surface area contributed by atoms with E-state index in [1.54, 1.807) is 0 Å². The van der Waals surface area contributed by atoms with E-state index in [-0.39, 0.29) is 0 Å². The van der Waals surface area contributed by atoms with Gasteiger partial charge in [0.25, 0.3) is 5.91 Å². The van der Waals surface area contributed by atoms with Crippen LogP contribution in [0.25, 0.3) is 0 Å². The number of nitrogens with zero attached hydrogens (tertiary/aromatic N) is 1. The summed E-state index contributed by atoms with van der Waals surface area (Å²) in [5.41, 5.74) is 0. The molecule has 0 bridgehead atoms. The summed E-state index contributed by atoms with van der Waals surface area (Å²) in [6.07, 6.45) is 1.02. The largest absolute Gasteiger partial charge is 0.480 e. The van der Waals surface area contributed by atoms with Crippen LogP contribution in [-0.2, 0) is 14.3 Å². The molecule has 116 valence electrons. The van der Waals surface area contributed by atoms with Crippen molar-refractivity contribution < 1.29 is 24.2 Å². The van der Waals surface area contributed by atoms with E-state index in [2.05, 4.69) is 28.8 Å². The molecule has 0 fully saturated rings. The van der Waals surface area contributed by atoms with Crippen LogP contribution in [0.5, 0.6) is 0 Å². The van der Waals surface area contributed by atoms with E-state index in [1.165, 1.54) is 0 Å². The molecule has 1 atom stereocenters. The van der Waals surface area contributed by atoms with Gasteiger partial charge in [-0.2, -0.15) is 0 Å². The first-order valence-electron chi connectivity index (χ1n) is 6.44. The van der Waals surface area contributed by atoms with Crippen LogP contribution in [0.1, 0.15) is 20.3 Å². The first kappa shape index (κ1) is 18.3. The number of hydrogen-bond acceptors (Lipinski definition) is 5. The van der Waals surface area contributed by atoms with Crippen molar-refractivity contribution in [1.82, 2.24) is 15.5 Å². The number of ether oxygens (including phenoxy) is 1. The Balaban J connectivity index is 3.72. The number of rotatable bonds is 9. The SMILES string of the molecule is CCC(C)N(C)CCNC(=O)NC(=O)COCC(=O)O. The summed E-state index contributed by atoms with van der Waals surface area (Å²) in [5.74, 6) is -1.85. The van der Waals surface area contributed by atoms with E-state index < -0.39 is 31.1 Å². The summed E-state index contributed by atoms with van der Waals surface area (Å²) >= 11 is 0. The number of urea groups is 1. The molecule has 8 nitrogen and oxygen atoms in total. The number of nitrogens with one attached hydrogen (secondary N) is 2. The smallest absolute Gasteiger partial charge is 0.329 e. The summed E-state index contributed by atoms with van der Waals surface area (Å²) in [4.78, 5) is 34.8. The third kappa shape index (κ3) is 9.29. The second-order valence-electron chi connectivity index (χ2n) is 4.43. The van der Waals surface area contributed by atoms with Crippen molar-refractivity contribution in [3.8, 4) is 0 Å². The molecule has 8 heteroatoms. The van der Waals surface area contributed by atoms with Gasteiger partial charge in [0.05, 0.1) is 0 Å². The highest BCUT2D eigenvalue weighted by molar-refractivity contribution is 5.94. The molecular weight excluding hydrogens is 266 g/mol. The minimum absolute atomic E-state index is 0.413. The van der Waals surface area contributed by atoms with Crippen LogP contribution in [0.3, 0.4) is 0 Å². The lowest BCUT2D eigenvalue weighted by Crippen LogP contribution is -2.44. The summed E-state index contributed by atoms with van der Waals surface area (Å²) in [7, 11) is 1.96.